The van der Waals surface area contributed by atoms with Crippen LogP contribution in [0, 0.1) is 0 Å². The Balaban J connectivity index is 1.46. The van der Waals surface area contributed by atoms with Gasteiger partial charge in [-0.3, -0.25) is 4.79 Å². The van der Waals surface area contributed by atoms with Gasteiger partial charge in [-0.2, -0.15) is 0 Å². The van der Waals surface area contributed by atoms with E-state index in [9.17, 15) is 4.79 Å². The Hall–Kier alpha value is -2.24. The van der Waals surface area contributed by atoms with E-state index in [4.69, 9.17) is 16.3 Å². The average molecular weight is 361 g/mol. The summed E-state index contributed by atoms with van der Waals surface area (Å²) in [5.74, 6) is 0.905. The Morgan fingerprint density at radius 3 is 2.36 bits per heavy atom. The van der Waals surface area contributed by atoms with Crippen molar-refractivity contribution in [2.24, 2.45) is 0 Å². The molecular weight excluding hydrogens is 338 g/mol. The number of ether oxygens (including phenoxy) is 1. The number of quaternary nitrogens is 1. The van der Waals surface area contributed by atoms with Crippen LogP contribution in [0.1, 0.15) is 0 Å². The second-order valence-corrected chi connectivity index (χ2v) is 6.60. The Kier molecular flexibility index (Phi) is 5.79. The molecule has 3 rings (SSSR count). The van der Waals surface area contributed by atoms with Crippen LogP contribution < -0.4 is 19.9 Å². The maximum atomic E-state index is 12.2. The number of rotatable bonds is 5. The van der Waals surface area contributed by atoms with Crippen molar-refractivity contribution < 1.29 is 14.4 Å². The maximum Gasteiger partial charge on any atom is 0.279 e. The van der Waals surface area contributed by atoms with Crippen molar-refractivity contribution in [1.82, 2.24) is 0 Å². The summed E-state index contributed by atoms with van der Waals surface area (Å²) >= 11 is 5.86. The minimum atomic E-state index is 0.0372. The number of carbonyl (C=O) groups is 1. The molecule has 2 N–H and O–H groups in total. The van der Waals surface area contributed by atoms with E-state index in [2.05, 4.69) is 22.3 Å². The quantitative estimate of drug-likeness (QED) is 0.853. The first kappa shape index (κ1) is 17.6. The summed E-state index contributed by atoms with van der Waals surface area (Å²) in [5.41, 5.74) is 1.98. The first-order valence-corrected chi connectivity index (χ1v) is 8.80. The molecular formula is C19H23ClN3O2+. The lowest BCUT2D eigenvalue weighted by molar-refractivity contribution is -0.892. The van der Waals surface area contributed by atoms with Crippen LogP contribution in [0.25, 0.3) is 0 Å². The van der Waals surface area contributed by atoms with E-state index in [0.29, 0.717) is 11.6 Å². The van der Waals surface area contributed by atoms with Gasteiger partial charge in [-0.25, -0.2) is 0 Å². The molecule has 25 heavy (non-hydrogen) atoms. The molecule has 5 nitrogen and oxygen atoms in total. The minimum absolute atomic E-state index is 0.0372. The van der Waals surface area contributed by atoms with Crippen molar-refractivity contribution in [3.63, 3.8) is 0 Å². The lowest BCUT2D eigenvalue weighted by atomic mass is 10.2. The molecule has 6 heteroatoms. The van der Waals surface area contributed by atoms with Gasteiger partial charge in [0.1, 0.15) is 5.75 Å². The number of halogens is 1. The van der Waals surface area contributed by atoms with E-state index in [-0.39, 0.29) is 5.91 Å². The maximum absolute atomic E-state index is 12.2. The van der Waals surface area contributed by atoms with E-state index in [1.165, 1.54) is 10.6 Å². The van der Waals surface area contributed by atoms with Gasteiger partial charge >= 0.3 is 0 Å². The topological polar surface area (TPSA) is 46.0 Å². The standard InChI is InChI=1S/C19H22ClN3O2/c1-25-18-8-6-17(7-9-18)23-12-10-22(11-13-23)14-19(24)21-16-4-2-15(20)3-5-16/h2-9H,10-14H2,1H3,(H,21,24)/p+1. The van der Waals surface area contributed by atoms with Gasteiger partial charge in [-0.15, -0.1) is 0 Å². The minimum Gasteiger partial charge on any atom is -0.497 e. The fraction of sp³-hybridized carbons (Fsp3) is 0.316. The molecule has 2 aromatic carbocycles. The SMILES string of the molecule is COc1ccc(N2CC[NH+](CC(=O)Nc3ccc(Cl)cc3)CC2)cc1. The summed E-state index contributed by atoms with van der Waals surface area (Å²) in [4.78, 5) is 15.8. The zero-order valence-electron chi connectivity index (χ0n) is 14.3. The Labute approximate surface area is 153 Å². The van der Waals surface area contributed by atoms with E-state index in [1.54, 1.807) is 19.2 Å². The number of amides is 1. The van der Waals surface area contributed by atoms with Crippen molar-refractivity contribution in [2.45, 2.75) is 0 Å². The molecule has 1 aliphatic rings. The first-order valence-electron chi connectivity index (χ1n) is 8.42. The average Bonchev–Trinajstić information content (AvgIpc) is 2.64. The lowest BCUT2D eigenvalue weighted by Crippen LogP contribution is -3.15. The highest BCUT2D eigenvalue weighted by atomic mass is 35.5. The number of benzene rings is 2. The predicted molar refractivity (Wildman–Crippen MR) is 101 cm³/mol. The van der Waals surface area contributed by atoms with Crippen molar-refractivity contribution in [2.75, 3.05) is 50.1 Å². The Bertz CT molecular complexity index is 696. The highest BCUT2D eigenvalue weighted by Crippen LogP contribution is 2.19. The first-order chi connectivity index (χ1) is 12.1. The number of piperazine rings is 1. The summed E-state index contributed by atoms with van der Waals surface area (Å²) in [6, 6.07) is 15.3. The predicted octanol–water partition coefficient (Wildman–Crippen LogP) is 1.69. The van der Waals surface area contributed by atoms with Gasteiger partial charge in [-0.05, 0) is 48.5 Å². The third-order valence-electron chi connectivity index (χ3n) is 4.45. The molecule has 0 aromatic heterocycles. The number of nitrogens with zero attached hydrogens (tertiary/aromatic N) is 1. The molecule has 1 aliphatic heterocycles. The highest BCUT2D eigenvalue weighted by molar-refractivity contribution is 6.30. The zero-order chi connectivity index (χ0) is 17.6. The van der Waals surface area contributed by atoms with Gasteiger partial charge in [0.15, 0.2) is 6.54 Å². The third kappa shape index (κ3) is 4.87. The van der Waals surface area contributed by atoms with Gasteiger partial charge in [0.2, 0.25) is 0 Å². The highest BCUT2D eigenvalue weighted by Gasteiger charge is 2.22. The largest absolute Gasteiger partial charge is 0.497 e. The monoisotopic (exact) mass is 360 g/mol. The molecule has 2 aromatic rings. The van der Waals surface area contributed by atoms with Crippen LogP contribution in [0.4, 0.5) is 11.4 Å². The van der Waals surface area contributed by atoms with Crippen LogP contribution in [0.5, 0.6) is 5.75 Å². The Morgan fingerprint density at radius 2 is 1.76 bits per heavy atom. The van der Waals surface area contributed by atoms with Gasteiger partial charge in [0.05, 0.1) is 33.3 Å². The number of nitrogens with one attached hydrogen (secondary N) is 2. The van der Waals surface area contributed by atoms with Crippen LogP contribution in [0.3, 0.4) is 0 Å². The van der Waals surface area contributed by atoms with Crippen LogP contribution in [-0.2, 0) is 4.79 Å². The number of anilines is 2. The number of hydrogen-bond acceptors (Lipinski definition) is 3. The molecule has 132 valence electrons. The van der Waals surface area contributed by atoms with E-state index < -0.39 is 0 Å². The molecule has 0 atom stereocenters. The van der Waals surface area contributed by atoms with Gasteiger partial charge in [-0.1, -0.05) is 11.6 Å². The number of hydrogen-bond donors (Lipinski definition) is 2. The Morgan fingerprint density at radius 1 is 1.12 bits per heavy atom. The van der Waals surface area contributed by atoms with Crippen molar-refractivity contribution in [1.29, 1.82) is 0 Å². The smallest absolute Gasteiger partial charge is 0.279 e. The summed E-state index contributed by atoms with van der Waals surface area (Å²) in [6.07, 6.45) is 0. The molecule has 0 saturated carbocycles. The second-order valence-electron chi connectivity index (χ2n) is 6.17. The summed E-state index contributed by atoms with van der Waals surface area (Å²) in [6.45, 7) is 4.25. The fourth-order valence-corrected chi connectivity index (χ4v) is 3.14. The number of carbonyl (C=O) groups excluding carboxylic acids is 1. The van der Waals surface area contributed by atoms with E-state index in [0.717, 1.165) is 37.6 Å². The van der Waals surface area contributed by atoms with Crippen molar-refractivity contribution >= 4 is 28.9 Å². The van der Waals surface area contributed by atoms with Gasteiger partial charge < -0.3 is 19.9 Å². The zero-order valence-corrected chi connectivity index (χ0v) is 15.1. The summed E-state index contributed by atoms with van der Waals surface area (Å²) in [7, 11) is 1.67. The van der Waals surface area contributed by atoms with Gasteiger partial charge in [0.25, 0.3) is 5.91 Å². The van der Waals surface area contributed by atoms with Crippen LogP contribution in [-0.4, -0.2) is 45.7 Å². The van der Waals surface area contributed by atoms with Crippen LogP contribution >= 0.6 is 11.6 Å². The van der Waals surface area contributed by atoms with Gasteiger partial charge in [0, 0.05) is 16.4 Å². The molecule has 1 amide bonds. The normalized spacial score (nSPS) is 15.0. The number of methoxy groups -OCH3 is 1. The van der Waals surface area contributed by atoms with E-state index in [1.807, 2.05) is 24.3 Å². The molecule has 0 aliphatic carbocycles. The van der Waals surface area contributed by atoms with Crippen LogP contribution in [0.15, 0.2) is 48.5 Å². The molecule has 0 unspecified atom stereocenters. The molecule has 1 fully saturated rings. The second kappa shape index (κ2) is 8.23. The molecule has 1 saturated heterocycles. The van der Waals surface area contributed by atoms with Crippen LogP contribution in [0.2, 0.25) is 5.02 Å². The molecule has 0 radical (unpaired) electrons. The lowest BCUT2D eigenvalue weighted by Gasteiger charge is -2.33. The molecule has 0 spiro atoms. The van der Waals surface area contributed by atoms with Crippen molar-refractivity contribution in [3.8, 4) is 5.75 Å². The van der Waals surface area contributed by atoms with Crippen molar-refractivity contribution in [3.05, 3.63) is 53.6 Å². The fourth-order valence-electron chi connectivity index (χ4n) is 3.02. The summed E-state index contributed by atoms with van der Waals surface area (Å²) in [5, 5.41) is 3.59. The molecule has 0 bridgehead atoms. The summed E-state index contributed by atoms with van der Waals surface area (Å²) < 4.78 is 5.20. The van der Waals surface area contributed by atoms with E-state index >= 15 is 0 Å². The molecule has 1 heterocycles. The third-order valence-corrected chi connectivity index (χ3v) is 4.70.